The summed E-state index contributed by atoms with van der Waals surface area (Å²) in [4.78, 5) is 0.443. The molecular weight excluding hydrogens is 318 g/mol. The van der Waals surface area contributed by atoms with E-state index in [9.17, 15) is 4.21 Å². The first kappa shape index (κ1) is 18.3. The summed E-state index contributed by atoms with van der Waals surface area (Å²) >= 11 is -1.88. The van der Waals surface area contributed by atoms with E-state index in [1.807, 2.05) is 30.3 Å². The Morgan fingerprint density at radius 1 is 0.833 bits per heavy atom. The normalized spacial score (nSPS) is 12.3. The molecule has 0 spiro atoms. The molecule has 1 N–H and O–H groups in total. The third-order valence-corrected chi connectivity index (χ3v) is 4.08. The molecule has 0 saturated heterocycles. The van der Waals surface area contributed by atoms with Crippen LogP contribution in [0.15, 0.2) is 77.7 Å². The van der Waals surface area contributed by atoms with Crippen LogP contribution in [0.5, 0.6) is 0 Å². The lowest BCUT2D eigenvalue weighted by atomic mass is 10.1. The van der Waals surface area contributed by atoms with Crippen LogP contribution >= 0.6 is 0 Å². The minimum Gasteiger partial charge on any atom is -0.327 e. The molecule has 24 heavy (non-hydrogen) atoms. The minimum atomic E-state index is -1.88. The topological polar surface area (TPSA) is 37.3 Å². The molecule has 0 fully saturated rings. The van der Waals surface area contributed by atoms with Crippen LogP contribution in [-0.4, -0.2) is 34.4 Å². The van der Waals surface area contributed by atoms with Gasteiger partial charge in [0.15, 0.2) is 11.1 Å². The van der Waals surface area contributed by atoms with E-state index in [0.29, 0.717) is 4.90 Å². The van der Waals surface area contributed by atoms with E-state index in [4.69, 9.17) is 4.55 Å². The van der Waals surface area contributed by atoms with E-state index in [2.05, 4.69) is 51.5 Å². The van der Waals surface area contributed by atoms with Gasteiger partial charge in [0, 0.05) is 5.56 Å². The lowest BCUT2D eigenvalue weighted by Gasteiger charge is -2.23. The van der Waals surface area contributed by atoms with E-state index < -0.39 is 11.1 Å². The Labute approximate surface area is 146 Å². The fourth-order valence-electron chi connectivity index (χ4n) is 2.41. The highest BCUT2D eigenvalue weighted by Crippen LogP contribution is 2.16. The molecule has 0 aliphatic rings. The van der Waals surface area contributed by atoms with Crippen LogP contribution in [0.1, 0.15) is 5.56 Å². The summed E-state index contributed by atoms with van der Waals surface area (Å²) in [6.45, 7) is 1.10. The summed E-state index contributed by atoms with van der Waals surface area (Å²) < 4.78 is 20.6. The molecule has 0 aliphatic carbocycles. The molecule has 0 heterocycles. The van der Waals surface area contributed by atoms with Crippen molar-refractivity contribution in [3.05, 3.63) is 78.4 Å². The Morgan fingerprint density at radius 2 is 1.42 bits per heavy atom. The zero-order chi connectivity index (χ0) is 17.6. The molecule has 0 saturated carbocycles. The second-order valence-electron chi connectivity index (χ2n) is 6.69. The van der Waals surface area contributed by atoms with Crippen molar-refractivity contribution in [2.75, 3.05) is 21.1 Å². The zero-order valence-corrected chi connectivity index (χ0v) is 15.2. The van der Waals surface area contributed by atoms with Crippen LogP contribution in [0, 0.1) is 0 Å². The maximum absolute atomic E-state index is 10.8. The average molecular weight is 342 g/mol. The molecule has 3 nitrogen and oxygen atoms in total. The van der Waals surface area contributed by atoms with Gasteiger partial charge in [0.1, 0.15) is 6.54 Å². The zero-order valence-electron chi connectivity index (χ0n) is 14.3. The SMILES string of the molecule is C[N+](C)(C)Cc1ccccc1.O=S(O)c1ccc2ccccc2c1. The molecule has 0 bridgehead atoms. The highest BCUT2D eigenvalue weighted by molar-refractivity contribution is 7.79. The van der Waals surface area contributed by atoms with Gasteiger partial charge in [-0.2, -0.15) is 0 Å². The molecule has 126 valence electrons. The Balaban J connectivity index is 0.000000177. The molecule has 0 aromatic heterocycles. The van der Waals surface area contributed by atoms with Crippen molar-refractivity contribution in [3.8, 4) is 0 Å². The van der Waals surface area contributed by atoms with E-state index in [1.54, 1.807) is 12.1 Å². The third-order valence-electron chi connectivity index (χ3n) is 3.42. The van der Waals surface area contributed by atoms with Gasteiger partial charge in [0.25, 0.3) is 0 Å². The quantitative estimate of drug-likeness (QED) is 0.569. The lowest BCUT2D eigenvalue weighted by molar-refractivity contribution is -0.884. The standard InChI is InChI=1S/C10H16N.C10H8O2S/c1-11(2,3)9-10-7-5-4-6-8-10;11-13(12)10-6-5-8-3-1-2-4-9(8)7-10/h4-8H,9H2,1-3H3;1-7H,(H,11,12)/q+1;. The summed E-state index contributed by atoms with van der Waals surface area (Å²) in [5.41, 5.74) is 1.40. The first-order valence-electron chi connectivity index (χ1n) is 7.79. The molecule has 3 aromatic rings. The maximum Gasteiger partial charge on any atom is 0.186 e. The highest BCUT2D eigenvalue weighted by Gasteiger charge is 2.06. The van der Waals surface area contributed by atoms with Crippen LogP contribution in [0.4, 0.5) is 0 Å². The highest BCUT2D eigenvalue weighted by atomic mass is 32.2. The van der Waals surface area contributed by atoms with Crippen LogP contribution < -0.4 is 0 Å². The Bertz CT molecular complexity index is 810. The minimum absolute atomic E-state index is 0.443. The van der Waals surface area contributed by atoms with Crippen molar-refractivity contribution in [3.63, 3.8) is 0 Å². The van der Waals surface area contributed by atoms with Gasteiger partial charge in [0.05, 0.1) is 26.0 Å². The van der Waals surface area contributed by atoms with Crippen LogP contribution in [-0.2, 0) is 17.6 Å². The van der Waals surface area contributed by atoms with Gasteiger partial charge in [-0.3, -0.25) is 0 Å². The number of hydrogen-bond donors (Lipinski definition) is 1. The van der Waals surface area contributed by atoms with Gasteiger partial charge in [-0.05, 0) is 22.9 Å². The fraction of sp³-hybridized carbons (Fsp3) is 0.200. The molecule has 0 aliphatic heterocycles. The number of benzene rings is 3. The van der Waals surface area contributed by atoms with Gasteiger partial charge >= 0.3 is 0 Å². The van der Waals surface area contributed by atoms with Crippen molar-refractivity contribution in [1.82, 2.24) is 0 Å². The lowest BCUT2D eigenvalue weighted by Crippen LogP contribution is -2.33. The second kappa shape index (κ2) is 8.20. The molecule has 3 aromatic carbocycles. The fourth-order valence-corrected chi connectivity index (χ4v) is 2.82. The van der Waals surface area contributed by atoms with Gasteiger partial charge in [-0.1, -0.05) is 60.7 Å². The van der Waals surface area contributed by atoms with E-state index >= 15 is 0 Å². The van der Waals surface area contributed by atoms with E-state index in [1.165, 1.54) is 5.56 Å². The summed E-state index contributed by atoms with van der Waals surface area (Å²) in [6, 6.07) is 23.6. The first-order chi connectivity index (χ1) is 11.3. The van der Waals surface area contributed by atoms with Crippen molar-refractivity contribution in [1.29, 1.82) is 0 Å². The van der Waals surface area contributed by atoms with Crippen molar-refractivity contribution < 1.29 is 13.2 Å². The molecule has 0 amide bonds. The molecule has 3 rings (SSSR count). The average Bonchev–Trinajstić information content (AvgIpc) is 2.54. The number of nitrogens with zero attached hydrogens (tertiary/aromatic N) is 1. The largest absolute Gasteiger partial charge is 0.327 e. The summed E-state index contributed by atoms with van der Waals surface area (Å²) in [6.07, 6.45) is 0. The molecule has 1 atom stereocenters. The molecular formula is C20H24NO2S+. The van der Waals surface area contributed by atoms with Crippen LogP contribution in [0.2, 0.25) is 0 Å². The third kappa shape index (κ3) is 5.89. The van der Waals surface area contributed by atoms with Gasteiger partial charge in [-0.15, -0.1) is 0 Å². The summed E-state index contributed by atoms with van der Waals surface area (Å²) in [5.74, 6) is 0. The predicted octanol–water partition coefficient (Wildman–Crippen LogP) is 4.31. The molecule has 0 radical (unpaired) electrons. The monoisotopic (exact) mass is 342 g/mol. The van der Waals surface area contributed by atoms with Crippen molar-refractivity contribution >= 4 is 21.9 Å². The van der Waals surface area contributed by atoms with Gasteiger partial charge < -0.3 is 9.04 Å². The van der Waals surface area contributed by atoms with Crippen LogP contribution in [0.3, 0.4) is 0 Å². The van der Waals surface area contributed by atoms with Crippen molar-refractivity contribution in [2.24, 2.45) is 0 Å². The van der Waals surface area contributed by atoms with E-state index in [-0.39, 0.29) is 0 Å². The number of rotatable bonds is 3. The van der Waals surface area contributed by atoms with Crippen LogP contribution in [0.25, 0.3) is 10.8 Å². The Kier molecular flexibility index (Phi) is 6.26. The molecule has 4 heteroatoms. The summed E-state index contributed by atoms with van der Waals surface area (Å²) in [5, 5.41) is 2.07. The van der Waals surface area contributed by atoms with E-state index in [0.717, 1.165) is 21.8 Å². The number of fused-ring (bicyclic) bond motifs is 1. The Morgan fingerprint density at radius 3 is 2.00 bits per heavy atom. The molecule has 1 unspecified atom stereocenters. The number of hydrogen-bond acceptors (Lipinski definition) is 1. The maximum atomic E-state index is 10.8. The second-order valence-corrected chi connectivity index (χ2v) is 7.66. The summed E-state index contributed by atoms with van der Waals surface area (Å²) in [7, 11) is 6.60. The predicted molar refractivity (Wildman–Crippen MR) is 101 cm³/mol. The van der Waals surface area contributed by atoms with Crippen molar-refractivity contribution in [2.45, 2.75) is 11.4 Å². The Hall–Kier alpha value is -2.01. The van der Waals surface area contributed by atoms with Gasteiger partial charge in [0.2, 0.25) is 0 Å². The van der Waals surface area contributed by atoms with Gasteiger partial charge in [-0.25, -0.2) is 4.21 Å². The first-order valence-corrected chi connectivity index (χ1v) is 8.90. The smallest absolute Gasteiger partial charge is 0.186 e. The number of quaternary nitrogens is 1.